The van der Waals surface area contributed by atoms with Crippen molar-refractivity contribution in [2.24, 2.45) is 0 Å². The zero-order chi connectivity index (χ0) is 19.3. The average molecular weight is 360 g/mol. The molecule has 0 aliphatic rings. The van der Waals surface area contributed by atoms with Crippen LogP contribution in [0.5, 0.6) is 0 Å². The Labute approximate surface area is 150 Å². The Morgan fingerprint density at radius 2 is 1.85 bits per heavy atom. The first-order valence-electron chi connectivity index (χ1n) is 7.96. The number of aryl methyl sites for hydroxylation is 1. The molecule has 0 saturated carbocycles. The summed E-state index contributed by atoms with van der Waals surface area (Å²) in [7, 11) is 1.32. The van der Waals surface area contributed by atoms with E-state index >= 15 is 0 Å². The minimum absolute atomic E-state index is 0.188. The maximum atomic E-state index is 12.4. The van der Waals surface area contributed by atoms with Gasteiger partial charge in [-0.2, -0.15) is 4.73 Å². The van der Waals surface area contributed by atoms with Crippen molar-refractivity contribution in [1.29, 1.82) is 0 Å². The maximum Gasteiger partial charge on any atom is 0.339 e. The minimum Gasteiger partial charge on any atom is -0.619 e. The van der Waals surface area contributed by atoms with Crippen LogP contribution >= 0.6 is 0 Å². The maximum absolute atomic E-state index is 12.4. The summed E-state index contributed by atoms with van der Waals surface area (Å²) in [4.78, 5) is 35.6. The first-order valence-corrected chi connectivity index (χ1v) is 7.96. The van der Waals surface area contributed by atoms with Crippen LogP contribution in [-0.2, 0) is 20.8 Å². The average Bonchev–Trinajstić information content (AvgIpc) is 2.92. The van der Waals surface area contributed by atoms with Crippen LogP contribution in [0.15, 0.2) is 30.6 Å². The van der Waals surface area contributed by atoms with Crippen LogP contribution < -0.4 is 4.73 Å². The number of methoxy groups -OCH3 is 1. The van der Waals surface area contributed by atoms with Crippen LogP contribution in [0.2, 0.25) is 0 Å². The summed E-state index contributed by atoms with van der Waals surface area (Å²) in [6.45, 7) is 3.59. The molecule has 0 saturated heterocycles. The monoisotopic (exact) mass is 360 g/mol. The van der Waals surface area contributed by atoms with Gasteiger partial charge in [0.05, 0.1) is 19.1 Å². The SMILES string of the molecule is COC(=O)CCn1c(C)cc(C(=O)COC(=O)c2cc[n+]([O-])cc2)c1C. The zero-order valence-electron chi connectivity index (χ0n) is 14.9. The Morgan fingerprint density at radius 1 is 1.19 bits per heavy atom. The summed E-state index contributed by atoms with van der Waals surface area (Å²) in [5.41, 5.74) is 2.14. The van der Waals surface area contributed by atoms with E-state index in [1.54, 1.807) is 13.0 Å². The zero-order valence-corrected chi connectivity index (χ0v) is 14.9. The molecule has 0 unspecified atom stereocenters. The third-order valence-corrected chi connectivity index (χ3v) is 4.01. The van der Waals surface area contributed by atoms with E-state index in [2.05, 4.69) is 4.74 Å². The number of ether oxygens (including phenoxy) is 2. The van der Waals surface area contributed by atoms with Crippen LogP contribution in [0, 0.1) is 19.1 Å². The molecule has 0 aromatic carbocycles. The van der Waals surface area contributed by atoms with Crippen LogP contribution in [0.25, 0.3) is 0 Å². The predicted molar refractivity (Wildman–Crippen MR) is 90.6 cm³/mol. The molecule has 0 aliphatic carbocycles. The van der Waals surface area contributed by atoms with Gasteiger partial charge in [0.25, 0.3) is 0 Å². The van der Waals surface area contributed by atoms with Gasteiger partial charge in [-0.1, -0.05) is 0 Å². The van der Waals surface area contributed by atoms with Crippen molar-refractivity contribution in [1.82, 2.24) is 4.57 Å². The van der Waals surface area contributed by atoms with Gasteiger partial charge < -0.3 is 19.2 Å². The number of carbonyl (C=O) groups is 3. The molecule has 0 spiro atoms. The quantitative estimate of drug-likeness (QED) is 0.320. The number of rotatable bonds is 7. The number of nitrogens with zero attached hydrogens (tertiary/aromatic N) is 2. The molecule has 138 valence electrons. The van der Waals surface area contributed by atoms with Crippen molar-refractivity contribution in [3.05, 3.63) is 58.3 Å². The van der Waals surface area contributed by atoms with Crippen molar-refractivity contribution < 1.29 is 28.6 Å². The van der Waals surface area contributed by atoms with Gasteiger partial charge in [0.2, 0.25) is 5.78 Å². The molecule has 2 aromatic rings. The predicted octanol–water partition coefficient (Wildman–Crippen LogP) is 1.34. The van der Waals surface area contributed by atoms with Crippen molar-refractivity contribution in [3.8, 4) is 0 Å². The fraction of sp³-hybridized carbons (Fsp3) is 0.333. The van der Waals surface area contributed by atoms with Gasteiger partial charge in [0.15, 0.2) is 19.0 Å². The third-order valence-electron chi connectivity index (χ3n) is 4.01. The Bertz CT molecular complexity index is 823. The summed E-state index contributed by atoms with van der Waals surface area (Å²) in [6.07, 6.45) is 2.55. The molecule has 8 nitrogen and oxygen atoms in total. The van der Waals surface area contributed by atoms with Gasteiger partial charge in [-0.05, 0) is 19.9 Å². The first-order chi connectivity index (χ1) is 12.3. The van der Waals surface area contributed by atoms with E-state index in [1.165, 1.54) is 31.6 Å². The van der Waals surface area contributed by atoms with Crippen molar-refractivity contribution in [2.75, 3.05) is 13.7 Å². The van der Waals surface area contributed by atoms with Crippen molar-refractivity contribution in [2.45, 2.75) is 26.8 Å². The lowest BCUT2D eigenvalue weighted by atomic mass is 10.1. The molecule has 0 aliphatic heterocycles. The summed E-state index contributed by atoms with van der Waals surface area (Å²) in [5, 5.41) is 11.0. The second-order valence-electron chi connectivity index (χ2n) is 5.71. The standard InChI is InChI=1S/C18H20N2O6/c1-12-10-15(13(2)20(12)9-6-17(22)25-3)16(21)11-26-18(23)14-4-7-19(24)8-5-14/h4-5,7-8,10H,6,9,11H2,1-3H3. The molecule has 2 heterocycles. The van der Waals surface area contributed by atoms with E-state index in [9.17, 15) is 19.6 Å². The highest BCUT2D eigenvalue weighted by molar-refractivity contribution is 6.00. The first kappa shape index (κ1) is 19.2. The van der Waals surface area contributed by atoms with E-state index < -0.39 is 12.6 Å². The molecule has 26 heavy (non-hydrogen) atoms. The normalized spacial score (nSPS) is 10.4. The molecular formula is C18H20N2O6. The number of pyridine rings is 1. The molecule has 0 atom stereocenters. The molecule has 2 rings (SSSR count). The van der Waals surface area contributed by atoms with Gasteiger partial charge >= 0.3 is 11.9 Å². The molecule has 0 fully saturated rings. The highest BCUT2D eigenvalue weighted by Gasteiger charge is 2.18. The Kier molecular flexibility index (Phi) is 6.11. The summed E-state index contributed by atoms with van der Waals surface area (Å²) >= 11 is 0. The lowest BCUT2D eigenvalue weighted by Gasteiger charge is -2.09. The van der Waals surface area contributed by atoms with E-state index in [-0.39, 0.29) is 23.7 Å². The largest absolute Gasteiger partial charge is 0.619 e. The lowest BCUT2D eigenvalue weighted by molar-refractivity contribution is -0.605. The Morgan fingerprint density at radius 3 is 2.46 bits per heavy atom. The number of hydrogen-bond acceptors (Lipinski definition) is 6. The van der Waals surface area contributed by atoms with Crippen LogP contribution in [0.4, 0.5) is 0 Å². The number of carbonyl (C=O) groups excluding carboxylic acids is 3. The summed E-state index contributed by atoms with van der Waals surface area (Å²) in [5.74, 6) is -1.36. The lowest BCUT2D eigenvalue weighted by Crippen LogP contribution is -2.24. The van der Waals surface area contributed by atoms with Gasteiger partial charge in [-0.25, -0.2) is 4.79 Å². The number of hydrogen-bond donors (Lipinski definition) is 0. The number of Topliss-reactive ketones (excluding diaryl/α,β-unsaturated/α-hetero) is 1. The molecule has 0 amide bonds. The van der Waals surface area contributed by atoms with Crippen LogP contribution in [0.1, 0.15) is 38.5 Å². The van der Waals surface area contributed by atoms with E-state index in [1.807, 2.05) is 11.5 Å². The van der Waals surface area contributed by atoms with Crippen molar-refractivity contribution in [3.63, 3.8) is 0 Å². The molecule has 0 N–H and O–H groups in total. The highest BCUT2D eigenvalue weighted by Crippen LogP contribution is 2.17. The molecule has 0 radical (unpaired) electrons. The molecule has 8 heteroatoms. The third kappa shape index (κ3) is 4.47. The second kappa shape index (κ2) is 8.28. The topological polar surface area (TPSA) is 102 Å². The van der Waals surface area contributed by atoms with E-state index in [0.29, 0.717) is 22.5 Å². The minimum atomic E-state index is -0.682. The van der Waals surface area contributed by atoms with E-state index in [4.69, 9.17) is 4.74 Å². The van der Waals surface area contributed by atoms with Gasteiger partial charge in [-0.15, -0.1) is 0 Å². The van der Waals surface area contributed by atoms with Crippen LogP contribution in [-0.4, -0.2) is 36.0 Å². The van der Waals surface area contributed by atoms with Gasteiger partial charge in [0, 0.05) is 35.6 Å². The number of esters is 2. The van der Waals surface area contributed by atoms with Gasteiger partial charge in [0.1, 0.15) is 0 Å². The Balaban J connectivity index is 2.02. The van der Waals surface area contributed by atoms with Crippen molar-refractivity contribution >= 4 is 17.7 Å². The molecule has 0 bridgehead atoms. The molecule has 2 aromatic heterocycles. The second-order valence-corrected chi connectivity index (χ2v) is 5.71. The van der Waals surface area contributed by atoms with Crippen LogP contribution in [0.3, 0.4) is 0 Å². The number of aromatic nitrogens is 2. The fourth-order valence-corrected chi connectivity index (χ4v) is 2.57. The highest BCUT2D eigenvalue weighted by atomic mass is 16.5. The van der Waals surface area contributed by atoms with E-state index in [0.717, 1.165) is 5.69 Å². The Hall–Kier alpha value is -3.16. The van der Waals surface area contributed by atoms with Gasteiger partial charge in [-0.3, -0.25) is 9.59 Å². The summed E-state index contributed by atoms with van der Waals surface area (Å²) < 4.78 is 12.0. The smallest absolute Gasteiger partial charge is 0.339 e. The molecular weight excluding hydrogens is 340 g/mol. The number of ketones is 1. The fourth-order valence-electron chi connectivity index (χ4n) is 2.57. The summed E-state index contributed by atoms with van der Waals surface area (Å²) in [6, 6.07) is 4.34.